The van der Waals surface area contributed by atoms with Crippen molar-refractivity contribution in [1.29, 1.82) is 0 Å². The van der Waals surface area contributed by atoms with E-state index >= 15 is 0 Å². The summed E-state index contributed by atoms with van der Waals surface area (Å²) in [5, 5.41) is 5.69. The fourth-order valence-corrected chi connectivity index (χ4v) is 2.80. The molecule has 2 N–H and O–H groups in total. The van der Waals surface area contributed by atoms with Gasteiger partial charge in [-0.25, -0.2) is 0 Å². The summed E-state index contributed by atoms with van der Waals surface area (Å²) >= 11 is 0. The Labute approximate surface area is 164 Å². The molecular formula is C23H22N2O3. The van der Waals surface area contributed by atoms with Crippen molar-refractivity contribution in [2.45, 2.75) is 19.4 Å². The van der Waals surface area contributed by atoms with Gasteiger partial charge < -0.3 is 15.1 Å². The Kier molecular flexibility index (Phi) is 6.41. The van der Waals surface area contributed by atoms with Gasteiger partial charge in [0.05, 0.1) is 12.3 Å². The molecule has 1 aromatic heterocycles. The lowest BCUT2D eigenvalue weighted by Gasteiger charge is -2.19. The number of amides is 2. The van der Waals surface area contributed by atoms with Crippen molar-refractivity contribution in [1.82, 2.24) is 10.6 Å². The lowest BCUT2D eigenvalue weighted by atomic mass is 10.0. The Hall–Kier alpha value is -3.60. The molecule has 3 rings (SSSR count). The summed E-state index contributed by atoms with van der Waals surface area (Å²) in [4.78, 5) is 25.5. The summed E-state index contributed by atoms with van der Waals surface area (Å²) in [5.74, 6) is -0.260. The van der Waals surface area contributed by atoms with Crippen LogP contribution in [0.4, 0.5) is 0 Å². The minimum Gasteiger partial charge on any atom is -0.465 e. The topological polar surface area (TPSA) is 71.3 Å². The van der Waals surface area contributed by atoms with E-state index in [0.717, 1.165) is 12.0 Å². The monoisotopic (exact) mass is 374 g/mol. The van der Waals surface area contributed by atoms with Gasteiger partial charge in [-0.05, 0) is 36.2 Å². The van der Waals surface area contributed by atoms with Crippen molar-refractivity contribution < 1.29 is 14.0 Å². The molecule has 5 heteroatoms. The van der Waals surface area contributed by atoms with Crippen LogP contribution in [0.2, 0.25) is 0 Å². The Morgan fingerprint density at radius 1 is 0.964 bits per heavy atom. The maximum Gasteiger partial charge on any atom is 0.268 e. The maximum atomic E-state index is 12.9. The number of rotatable bonds is 7. The Bertz CT molecular complexity index is 933. The molecule has 0 radical (unpaired) electrons. The van der Waals surface area contributed by atoms with Gasteiger partial charge in [0.1, 0.15) is 11.5 Å². The van der Waals surface area contributed by atoms with Crippen molar-refractivity contribution in [3.05, 3.63) is 102 Å². The van der Waals surface area contributed by atoms with Gasteiger partial charge >= 0.3 is 0 Å². The van der Waals surface area contributed by atoms with E-state index in [1.807, 2.05) is 43.3 Å². The van der Waals surface area contributed by atoms with Crippen molar-refractivity contribution >= 4 is 17.9 Å². The predicted octanol–water partition coefficient (Wildman–Crippen LogP) is 4.32. The fraction of sp³-hybridized carbons (Fsp3) is 0.130. The van der Waals surface area contributed by atoms with Gasteiger partial charge in [0.15, 0.2) is 0 Å². The molecule has 0 fully saturated rings. The zero-order valence-electron chi connectivity index (χ0n) is 15.6. The van der Waals surface area contributed by atoms with Crippen molar-refractivity contribution in [2.75, 3.05) is 0 Å². The van der Waals surface area contributed by atoms with Crippen LogP contribution >= 0.6 is 0 Å². The molecule has 0 saturated carbocycles. The largest absolute Gasteiger partial charge is 0.465 e. The SMILES string of the molecule is CC[C@@H](NC(=O)/C(=C/c1ccco1)NC(=O)c1ccccc1)c1ccccc1. The van der Waals surface area contributed by atoms with E-state index in [0.29, 0.717) is 11.3 Å². The molecule has 1 heterocycles. The van der Waals surface area contributed by atoms with Gasteiger partial charge in [-0.1, -0.05) is 55.5 Å². The van der Waals surface area contributed by atoms with Gasteiger partial charge in [0.25, 0.3) is 11.8 Å². The second-order valence-corrected chi connectivity index (χ2v) is 6.24. The van der Waals surface area contributed by atoms with Crippen molar-refractivity contribution in [3.63, 3.8) is 0 Å². The van der Waals surface area contributed by atoms with E-state index in [2.05, 4.69) is 10.6 Å². The number of nitrogens with one attached hydrogen (secondary N) is 2. The summed E-state index contributed by atoms with van der Waals surface area (Å²) in [7, 11) is 0. The summed E-state index contributed by atoms with van der Waals surface area (Å²) in [6.07, 6.45) is 3.75. The third-order valence-electron chi connectivity index (χ3n) is 4.27. The van der Waals surface area contributed by atoms with Crippen LogP contribution in [-0.2, 0) is 4.79 Å². The highest BCUT2D eigenvalue weighted by atomic mass is 16.3. The second kappa shape index (κ2) is 9.37. The van der Waals surface area contributed by atoms with Gasteiger partial charge in [0, 0.05) is 11.6 Å². The molecule has 0 aliphatic carbocycles. The molecule has 0 spiro atoms. The second-order valence-electron chi connectivity index (χ2n) is 6.24. The van der Waals surface area contributed by atoms with Crippen LogP contribution in [0.5, 0.6) is 0 Å². The van der Waals surface area contributed by atoms with Gasteiger partial charge in [0.2, 0.25) is 0 Å². The van der Waals surface area contributed by atoms with E-state index in [9.17, 15) is 9.59 Å². The first-order chi connectivity index (χ1) is 13.7. The molecule has 0 aliphatic heterocycles. The molecular weight excluding hydrogens is 352 g/mol. The molecule has 2 aromatic carbocycles. The lowest BCUT2D eigenvalue weighted by molar-refractivity contribution is -0.118. The van der Waals surface area contributed by atoms with E-state index in [1.54, 1.807) is 36.4 Å². The molecule has 0 aliphatic rings. The molecule has 0 unspecified atom stereocenters. The molecule has 142 valence electrons. The molecule has 1 atom stereocenters. The first kappa shape index (κ1) is 19.2. The van der Waals surface area contributed by atoms with Crippen LogP contribution < -0.4 is 10.6 Å². The van der Waals surface area contributed by atoms with Crippen LogP contribution in [-0.4, -0.2) is 11.8 Å². The highest BCUT2D eigenvalue weighted by molar-refractivity contribution is 6.05. The number of hydrogen-bond acceptors (Lipinski definition) is 3. The average Bonchev–Trinajstić information content (AvgIpc) is 3.25. The van der Waals surface area contributed by atoms with Gasteiger partial charge in [-0.2, -0.15) is 0 Å². The van der Waals surface area contributed by atoms with E-state index in [-0.39, 0.29) is 23.6 Å². The van der Waals surface area contributed by atoms with E-state index in [1.165, 1.54) is 12.3 Å². The first-order valence-corrected chi connectivity index (χ1v) is 9.14. The van der Waals surface area contributed by atoms with Crippen molar-refractivity contribution in [3.8, 4) is 0 Å². The van der Waals surface area contributed by atoms with E-state index in [4.69, 9.17) is 4.42 Å². The minimum absolute atomic E-state index is 0.123. The molecule has 2 amide bonds. The van der Waals surface area contributed by atoms with Gasteiger partial charge in [-0.15, -0.1) is 0 Å². The highest BCUT2D eigenvalue weighted by Gasteiger charge is 2.19. The Balaban J connectivity index is 1.82. The average molecular weight is 374 g/mol. The van der Waals surface area contributed by atoms with Crippen LogP contribution in [0.1, 0.15) is 41.1 Å². The summed E-state index contributed by atoms with van der Waals surface area (Å²) in [6, 6.07) is 21.8. The molecule has 28 heavy (non-hydrogen) atoms. The first-order valence-electron chi connectivity index (χ1n) is 9.14. The minimum atomic E-state index is -0.378. The fourth-order valence-electron chi connectivity index (χ4n) is 2.80. The predicted molar refractivity (Wildman–Crippen MR) is 108 cm³/mol. The Morgan fingerprint density at radius 3 is 2.25 bits per heavy atom. The number of furan rings is 1. The van der Waals surface area contributed by atoms with Crippen LogP contribution in [0.15, 0.2) is 89.2 Å². The quantitative estimate of drug-likeness (QED) is 0.605. The normalized spacial score (nSPS) is 12.2. The maximum absolute atomic E-state index is 12.9. The molecule has 0 bridgehead atoms. The number of benzene rings is 2. The standard InChI is InChI=1S/C23H22N2O3/c1-2-20(17-10-5-3-6-11-17)24-23(27)21(16-19-14-9-15-28-19)25-22(26)18-12-7-4-8-13-18/h3-16,20H,2H2,1H3,(H,24,27)(H,25,26)/b21-16-/t20-/m1/s1. The molecule has 5 nitrogen and oxygen atoms in total. The van der Waals surface area contributed by atoms with Gasteiger partial charge in [-0.3, -0.25) is 9.59 Å². The van der Waals surface area contributed by atoms with Crippen molar-refractivity contribution in [2.24, 2.45) is 0 Å². The van der Waals surface area contributed by atoms with Crippen LogP contribution in [0.25, 0.3) is 6.08 Å². The zero-order valence-corrected chi connectivity index (χ0v) is 15.6. The molecule has 3 aromatic rings. The van der Waals surface area contributed by atoms with Crippen LogP contribution in [0.3, 0.4) is 0 Å². The number of carbonyl (C=O) groups excluding carboxylic acids is 2. The third-order valence-corrected chi connectivity index (χ3v) is 4.27. The summed E-state index contributed by atoms with van der Waals surface area (Å²) in [5.41, 5.74) is 1.60. The van der Waals surface area contributed by atoms with Crippen LogP contribution in [0, 0.1) is 0 Å². The number of carbonyl (C=O) groups is 2. The lowest BCUT2D eigenvalue weighted by Crippen LogP contribution is -2.36. The highest BCUT2D eigenvalue weighted by Crippen LogP contribution is 2.17. The van der Waals surface area contributed by atoms with E-state index < -0.39 is 0 Å². The smallest absolute Gasteiger partial charge is 0.268 e. The Morgan fingerprint density at radius 2 is 1.64 bits per heavy atom. The zero-order chi connectivity index (χ0) is 19.8. The third kappa shape index (κ3) is 4.98. The molecule has 0 saturated heterocycles. The summed E-state index contributed by atoms with van der Waals surface area (Å²) < 4.78 is 5.31. The number of hydrogen-bond donors (Lipinski definition) is 2. The summed E-state index contributed by atoms with van der Waals surface area (Å²) in [6.45, 7) is 2.00.